The van der Waals surface area contributed by atoms with Gasteiger partial charge in [-0.05, 0) is 48.6 Å². The van der Waals surface area contributed by atoms with Crippen molar-refractivity contribution in [1.29, 1.82) is 0 Å². The zero-order valence-corrected chi connectivity index (χ0v) is 13.1. The van der Waals surface area contributed by atoms with Crippen LogP contribution in [-0.2, 0) is 0 Å². The van der Waals surface area contributed by atoms with Crippen LogP contribution in [0.25, 0.3) is 0 Å². The van der Waals surface area contributed by atoms with E-state index in [0.717, 1.165) is 34.7 Å². The molecule has 4 unspecified atom stereocenters. The van der Waals surface area contributed by atoms with E-state index in [0.29, 0.717) is 5.92 Å². The van der Waals surface area contributed by atoms with Gasteiger partial charge in [-0.2, -0.15) is 0 Å². The van der Waals surface area contributed by atoms with E-state index >= 15 is 0 Å². The number of rotatable bonds is 2. The highest BCUT2D eigenvalue weighted by molar-refractivity contribution is 9.10. The molecule has 0 aromatic heterocycles. The second-order valence-corrected chi connectivity index (χ2v) is 6.74. The number of benzene rings is 1. The molecule has 1 nitrogen and oxygen atoms in total. The highest BCUT2D eigenvalue weighted by atomic mass is 79.9. The first-order valence-corrected chi connectivity index (χ1v) is 7.73. The Morgan fingerprint density at radius 3 is 2.61 bits per heavy atom. The summed E-state index contributed by atoms with van der Waals surface area (Å²) in [6, 6.07) is 6.16. The maximum absolute atomic E-state index is 10.6. The standard InChI is InChI=1S/C16H23BrO/c1-10-7-8-13(9-12(10)3)16(18)14-6-4-5-11(2)15(14)17/h4-6,10,12-13,16,18H,7-9H2,1-3H3. The normalized spacial score (nSPS) is 30.2. The fourth-order valence-corrected chi connectivity index (χ4v) is 3.53. The molecular weight excluding hydrogens is 288 g/mol. The first-order chi connectivity index (χ1) is 8.50. The molecule has 0 amide bonds. The summed E-state index contributed by atoms with van der Waals surface area (Å²) >= 11 is 3.61. The highest BCUT2D eigenvalue weighted by Gasteiger charge is 2.30. The van der Waals surface area contributed by atoms with Crippen LogP contribution in [0.5, 0.6) is 0 Å². The Hall–Kier alpha value is -0.340. The van der Waals surface area contributed by atoms with Gasteiger partial charge in [-0.25, -0.2) is 0 Å². The predicted octanol–water partition coefficient (Wildman–Crippen LogP) is 4.86. The fourth-order valence-electron chi connectivity index (χ4n) is 3.03. The smallest absolute Gasteiger partial charge is 0.0829 e. The molecule has 1 aliphatic carbocycles. The Morgan fingerprint density at radius 2 is 1.94 bits per heavy atom. The lowest BCUT2D eigenvalue weighted by Crippen LogP contribution is -2.25. The molecule has 0 radical (unpaired) electrons. The van der Waals surface area contributed by atoms with Gasteiger partial charge in [0.1, 0.15) is 0 Å². The SMILES string of the molecule is Cc1cccc(C(O)C2CCC(C)C(C)C2)c1Br. The Balaban J connectivity index is 2.16. The fraction of sp³-hybridized carbons (Fsp3) is 0.625. The molecule has 100 valence electrons. The minimum atomic E-state index is -0.325. The van der Waals surface area contributed by atoms with Gasteiger partial charge in [-0.15, -0.1) is 0 Å². The lowest BCUT2D eigenvalue weighted by molar-refractivity contribution is 0.0556. The maximum atomic E-state index is 10.6. The van der Waals surface area contributed by atoms with E-state index < -0.39 is 0 Å². The summed E-state index contributed by atoms with van der Waals surface area (Å²) < 4.78 is 1.07. The van der Waals surface area contributed by atoms with Gasteiger partial charge < -0.3 is 5.11 Å². The largest absolute Gasteiger partial charge is 0.388 e. The molecule has 1 aromatic carbocycles. The third kappa shape index (κ3) is 2.80. The van der Waals surface area contributed by atoms with E-state index in [1.807, 2.05) is 12.1 Å². The molecule has 1 aromatic rings. The van der Waals surface area contributed by atoms with Crippen LogP contribution in [0.1, 0.15) is 50.3 Å². The molecule has 2 heteroatoms. The predicted molar refractivity (Wildman–Crippen MR) is 79.5 cm³/mol. The molecule has 18 heavy (non-hydrogen) atoms. The number of aliphatic hydroxyl groups is 1. The number of hydrogen-bond donors (Lipinski definition) is 1. The van der Waals surface area contributed by atoms with Gasteiger partial charge in [0, 0.05) is 4.47 Å². The van der Waals surface area contributed by atoms with Crippen LogP contribution in [0, 0.1) is 24.7 Å². The van der Waals surface area contributed by atoms with E-state index in [4.69, 9.17) is 0 Å². The van der Waals surface area contributed by atoms with Crippen molar-refractivity contribution >= 4 is 15.9 Å². The van der Waals surface area contributed by atoms with E-state index in [9.17, 15) is 5.11 Å². The van der Waals surface area contributed by atoms with Crippen molar-refractivity contribution < 1.29 is 5.11 Å². The Bertz CT molecular complexity index is 416. The molecule has 0 heterocycles. The summed E-state index contributed by atoms with van der Waals surface area (Å²) in [5.74, 6) is 1.94. The number of aryl methyl sites for hydroxylation is 1. The number of hydrogen-bond acceptors (Lipinski definition) is 1. The van der Waals surface area contributed by atoms with Crippen molar-refractivity contribution in [3.63, 3.8) is 0 Å². The second kappa shape index (κ2) is 5.75. The van der Waals surface area contributed by atoms with Crippen molar-refractivity contribution in [2.75, 3.05) is 0 Å². The van der Waals surface area contributed by atoms with Crippen LogP contribution in [-0.4, -0.2) is 5.11 Å². The summed E-state index contributed by atoms with van der Waals surface area (Å²) in [7, 11) is 0. The average Bonchev–Trinajstić information content (AvgIpc) is 2.35. The van der Waals surface area contributed by atoms with Gasteiger partial charge in [0.05, 0.1) is 6.10 Å². The minimum absolute atomic E-state index is 0.325. The summed E-state index contributed by atoms with van der Waals surface area (Å²) in [4.78, 5) is 0. The van der Waals surface area contributed by atoms with E-state index in [-0.39, 0.29) is 6.10 Å². The lowest BCUT2D eigenvalue weighted by Gasteiger charge is -2.35. The molecule has 1 fully saturated rings. The first-order valence-electron chi connectivity index (χ1n) is 6.93. The summed E-state index contributed by atoms with van der Waals surface area (Å²) in [5, 5.41) is 10.6. The van der Waals surface area contributed by atoms with Crippen LogP contribution in [0.3, 0.4) is 0 Å². The molecular formula is C16H23BrO. The lowest BCUT2D eigenvalue weighted by atomic mass is 9.73. The molecule has 0 aliphatic heterocycles. The third-order valence-corrected chi connectivity index (χ3v) is 5.71. The van der Waals surface area contributed by atoms with Gasteiger partial charge in [-0.3, -0.25) is 0 Å². The minimum Gasteiger partial charge on any atom is -0.388 e. The van der Waals surface area contributed by atoms with E-state index in [1.54, 1.807) is 0 Å². The van der Waals surface area contributed by atoms with Crippen LogP contribution in [0.15, 0.2) is 22.7 Å². The van der Waals surface area contributed by atoms with Gasteiger partial charge in [0.15, 0.2) is 0 Å². The Morgan fingerprint density at radius 1 is 1.22 bits per heavy atom. The van der Waals surface area contributed by atoms with Crippen LogP contribution >= 0.6 is 15.9 Å². The summed E-state index contributed by atoms with van der Waals surface area (Å²) in [6.07, 6.45) is 3.21. The van der Waals surface area contributed by atoms with Crippen LogP contribution < -0.4 is 0 Å². The zero-order valence-electron chi connectivity index (χ0n) is 11.5. The average molecular weight is 311 g/mol. The Kier molecular flexibility index (Phi) is 4.50. The molecule has 1 N–H and O–H groups in total. The number of aliphatic hydroxyl groups excluding tert-OH is 1. The van der Waals surface area contributed by atoms with Crippen molar-refractivity contribution in [3.8, 4) is 0 Å². The Labute approximate surface area is 119 Å². The van der Waals surface area contributed by atoms with Gasteiger partial charge in [-0.1, -0.05) is 54.4 Å². The molecule has 1 saturated carbocycles. The molecule has 2 rings (SSSR count). The van der Waals surface area contributed by atoms with Crippen LogP contribution in [0.4, 0.5) is 0 Å². The van der Waals surface area contributed by atoms with Crippen LogP contribution in [0.2, 0.25) is 0 Å². The second-order valence-electron chi connectivity index (χ2n) is 5.95. The third-order valence-electron chi connectivity index (χ3n) is 4.63. The molecule has 1 aliphatic rings. The van der Waals surface area contributed by atoms with Gasteiger partial charge >= 0.3 is 0 Å². The van der Waals surface area contributed by atoms with Gasteiger partial charge in [0.2, 0.25) is 0 Å². The molecule has 0 bridgehead atoms. The zero-order chi connectivity index (χ0) is 13.3. The summed E-state index contributed by atoms with van der Waals surface area (Å²) in [6.45, 7) is 6.72. The molecule has 4 atom stereocenters. The number of halogens is 1. The van der Waals surface area contributed by atoms with Crippen molar-refractivity contribution in [3.05, 3.63) is 33.8 Å². The van der Waals surface area contributed by atoms with Crippen molar-refractivity contribution in [2.45, 2.75) is 46.1 Å². The van der Waals surface area contributed by atoms with Gasteiger partial charge in [0.25, 0.3) is 0 Å². The monoisotopic (exact) mass is 310 g/mol. The topological polar surface area (TPSA) is 20.2 Å². The quantitative estimate of drug-likeness (QED) is 0.826. The highest BCUT2D eigenvalue weighted by Crippen LogP contribution is 2.41. The summed E-state index contributed by atoms with van der Waals surface area (Å²) in [5.41, 5.74) is 2.26. The maximum Gasteiger partial charge on any atom is 0.0829 e. The van der Waals surface area contributed by atoms with Crippen molar-refractivity contribution in [1.82, 2.24) is 0 Å². The molecule has 0 saturated heterocycles. The first kappa shape index (κ1) is 14.1. The van der Waals surface area contributed by atoms with Crippen molar-refractivity contribution in [2.24, 2.45) is 17.8 Å². The molecule has 0 spiro atoms. The van der Waals surface area contributed by atoms with E-state index in [2.05, 4.69) is 42.8 Å². The van der Waals surface area contributed by atoms with E-state index in [1.165, 1.54) is 12.0 Å².